The highest BCUT2D eigenvalue weighted by Crippen LogP contribution is 2.31. The molecule has 154 valence electrons. The molecule has 13 heteroatoms. The third kappa shape index (κ3) is 4.31. The predicted molar refractivity (Wildman–Crippen MR) is 116 cm³/mol. The number of aromatic nitrogens is 6. The molecule has 3 heterocycles. The number of carboxylic acids is 1. The molecule has 1 unspecified atom stereocenters. The number of rotatable bonds is 6. The molecule has 4 aromatic rings. The number of carbonyl (C=O) groups is 1. The van der Waals surface area contributed by atoms with Gasteiger partial charge in [-0.3, -0.25) is 4.79 Å². The van der Waals surface area contributed by atoms with E-state index >= 15 is 0 Å². The molecular weight excluding hydrogens is 473 g/mol. The molecule has 30 heavy (non-hydrogen) atoms. The van der Waals surface area contributed by atoms with Crippen molar-refractivity contribution in [3.8, 4) is 11.4 Å². The molecule has 1 atom stereocenters. The number of carboxylic acid groups (broad SMARTS) is 1. The average Bonchev–Trinajstić information content (AvgIpc) is 3.31. The van der Waals surface area contributed by atoms with Crippen LogP contribution >= 0.6 is 46.1 Å². The van der Waals surface area contributed by atoms with E-state index in [0.717, 1.165) is 5.56 Å². The highest BCUT2D eigenvalue weighted by molar-refractivity contribution is 7.21. The minimum absolute atomic E-state index is 0.307. The summed E-state index contributed by atoms with van der Waals surface area (Å²) in [6.07, 6.45) is 3.26. The van der Waals surface area contributed by atoms with Crippen LogP contribution in [0.5, 0.6) is 0 Å². The second-order valence-electron chi connectivity index (χ2n) is 6.28. The number of nitrogens with one attached hydrogen (secondary N) is 1. The zero-order chi connectivity index (χ0) is 21.4. The van der Waals surface area contributed by atoms with Gasteiger partial charge in [-0.1, -0.05) is 51.4 Å². The first-order chi connectivity index (χ1) is 14.3. The molecule has 4 rings (SSSR count). The largest absolute Gasteiger partial charge is 0.480 e. The molecule has 0 amide bonds. The van der Waals surface area contributed by atoms with E-state index in [9.17, 15) is 4.79 Å². The Bertz CT molecular complexity index is 1240. The molecule has 0 fully saturated rings. The first-order valence-corrected chi connectivity index (χ1v) is 10.4. The SMILES string of the molecule is CC(Nc1nc2ncc(-c3cn(Cc4cc(Cl)c(Cl)c(Cl)c4)nn3)nc2s1)C(=O)O. The van der Waals surface area contributed by atoms with Gasteiger partial charge in [-0.15, -0.1) is 5.10 Å². The zero-order valence-electron chi connectivity index (χ0n) is 15.2. The van der Waals surface area contributed by atoms with Crippen molar-refractivity contribution in [2.75, 3.05) is 5.32 Å². The Hall–Kier alpha value is -2.53. The van der Waals surface area contributed by atoms with Gasteiger partial charge in [0.05, 0.1) is 34.0 Å². The van der Waals surface area contributed by atoms with Gasteiger partial charge in [-0.25, -0.2) is 14.6 Å². The van der Waals surface area contributed by atoms with Gasteiger partial charge >= 0.3 is 5.97 Å². The molecular formula is C17H12Cl3N7O2S. The molecule has 0 spiro atoms. The molecule has 0 aliphatic rings. The lowest BCUT2D eigenvalue weighted by molar-refractivity contribution is -0.137. The molecule has 0 aliphatic heterocycles. The molecule has 1 aromatic carbocycles. The maximum absolute atomic E-state index is 11.0. The van der Waals surface area contributed by atoms with Crippen LogP contribution in [0.2, 0.25) is 15.1 Å². The lowest BCUT2D eigenvalue weighted by atomic mass is 10.2. The molecule has 3 aromatic heterocycles. The fourth-order valence-corrected chi connectivity index (χ4v) is 4.06. The highest BCUT2D eigenvalue weighted by Gasteiger charge is 2.15. The van der Waals surface area contributed by atoms with Gasteiger partial charge in [0, 0.05) is 0 Å². The quantitative estimate of drug-likeness (QED) is 0.390. The minimum Gasteiger partial charge on any atom is -0.480 e. The van der Waals surface area contributed by atoms with E-state index < -0.39 is 12.0 Å². The minimum atomic E-state index is -0.976. The fourth-order valence-electron chi connectivity index (χ4n) is 2.53. The van der Waals surface area contributed by atoms with Crippen LogP contribution < -0.4 is 5.32 Å². The fraction of sp³-hybridized carbons (Fsp3) is 0.176. The smallest absolute Gasteiger partial charge is 0.325 e. The van der Waals surface area contributed by atoms with E-state index in [1.165, 1.54) is 24.5 Å². The molecule has 2 N–H and O–H groups in total. The predicted octanol–water partition coefficient (Wildman–Crippen LogP) is 4.24. The third-order valence-electron chi connectivity index (χ3n) is 4.02. The van der Waals surface area contributed by atoms with E-state index in [-0.39, 0.29) is 0 Å². The van der Waals surface area contributed by atoms with Crippen LogP contribution in [0.1, 0.15) is 12.5 Å². The summed E-state index contributed by atoms with van der Waals surface area (Å²) in [5, 5.41) is 21.5. The summed E-state index contributed by atoms with van der Waals surface area (Å²) < 4.78 is 1.62. The van der Waals surface area contributed by atoms with Crippen LogP contribution in [0.15, 0.2) is 24.5 Å². The number of anilines is 1. The Kier molecular flexibility index (Phi) is 5.74. The van der Waals surface area contributed by atoms with Crippen LogP contribution in [-0.4, -0.2) is 47.1 Å². The van der Waals surface area contributed by atoms with Crippen LogP contribution in [0.25, 0.3) is 21.9 Å². The number of fused-ring (bicyclic) bond motifs is 1. The summed E-state index contributed by atoms with van der Waals surface area (Å²) in [7, 11) is 0. The van der Waals surface area contributed by atoms with E-state index in [0.29, 0.717) is 48.6 Å². The van der Waals surface area contributed by atoms with E-state index in [4.69, 9.17) is 39.9 Å². The molecule has 0 saturated heterocycles. The van der Waals surface area contributed by atoms with Gasteiger partial charge in [0.15, 0.2) is 15.6 Å². The first-order valence-electron chi connectivity index (χ1n) is 8.47. The highest BCUT2D eigenvalue weighted by atomic mass is 35.5. The molecule has 0 aliphatic carbocycles. The molecule has 9 nitrogen and oxygen atoms in total. The summed E-state index contributed by atoms with van der Waals surface area (Å²) >= 11 is 19.3. The number of thiazole rings is 1. The number of benzene rings is 1. The van der Waals surface area contributed by atoms with E-state index in [1.807, 2.05) is 0 Å². The average molecular weight is 485 g/mol. The normalized spacial score (nSPS) is 12.3. The van der Waals surface area contributed by atoms with Crippen molar-refractivity contribution >= 4 is 67.7 Å². The van der Waals surface area contributed by atoms with Crippen molar-refractivity contribution in [2.24, 2.45) is 0 Å². The second kappa shape index (κ2) is 8.31. The summed E-state index contributed by atoms with van der Waals surface area (Å²) in [6.45, 7) is 1.92. The van der Waals surface area contributed by atoms with Crippen molar-refractivity contribution in [2.45, 2.75) is 19.5 Å². The number of halogens is 3. The third-order valence-corrected chi connectivity index (χ3v) is 6.09. The van der Waals surface area contributed by atoms with Crippen molar-refractivity contribution in [1.82, 2.24) is 29.9 Å². The van der Waals surface area contributed by atoms with Crippen molar-refractivity contribution in [1.29, 1.82) is 0 Å². The summed E-state index contributed by atoms with van der Waals surface area (Å²) in [5.41, 5.74) is 2.28. The van der Waals surface area contributed by atoms with Crippen molar-refractivity contribution in [3.63, 3.8) is 0 Å². The number of hydrogen-bond donors (Lipinski definition) is 2. The Morgan fingerprint density at radius 1 is 1.23 bits per heavy atom. The van der Waals surface area contributed by atoms with Crippen LogP contribution in [0, 0.1) is 0 Å². The number of aliphatic carboxylic acids is 1. The van der Waals surface area contributed by atoms with Crippen LogP contribution in [0.3, 0.4) is 0 Å². The van der Waals surface area contributed by atoms with Gasteiger partial charge in [-0.05, 0) is 24.6 Å². The van der Waals surface area contributed by atoms with Crippen molar-refractivity contribution < 1.29 is 9.90 Å². The van der Waals surface area contributed by atoms with Crippen LogP contribution in [0.4, 0.5) is 5.13 Å². The van der Waals surface area contributed by atoms with Gasteiger partial charge in [0.1, 0.15) is 17.4 Å². The Morgan fingerprint density at radius 2 is 1.97 bits per heavy atom. The number of nitrogens with zero attached hydrogens (tertiary/aromatic N) is 6. The summed E-state index contributed by atoms with van der Waals surface area (Å²) in [5.74, 6) is -0.976. The van der Waals surface area contributed by atoms with Crippen molar-refractivity contribution in [3.05, 3.63) is 45.2 Å². The first kappa shape index (κ1) is 20.7. The van der Waals surface area contributed by atoms with E-state index in [1.54, 1.807) is 23.0 Å². The van der Waals surface area contributed by atoms with Gasteiger partial charge in [0.2, 0.25) is 0 Å². The topological polar surface area (TPSA) is 119 Å². The Morgan fingerprint density at radius 3 is 2.67 bits per heavy atom. The zero-order valence-corrected chi connectivity index (χ0v) is 18.3. The van der Waals surface area contributed by atoms with Crippen LogP contribution in [-0.2, 0) is 11.3 Å². The number of hydrogen-bond acceptors (Lipinski definition) is 8. The van der Waals surface area contributed by atoms with E-state index in [2.05, 4.69) is 30.6 Å². The molecule has 0 radical (unpaired) electrons. The lowest BCUT2D eigenvalue weighted by Crippen LogP contribution is -2.25. The van der Waals surface area contributed by atoms with Gasteiger partial charge in [-0.2, -0.15) is 4.98 Å². The molecule has 0 saturated carbocycles. The van der Waals surface area contributed by atoms with Gasteiger partial charge in [0.25, 0.3) is 0 Å². The standard InChI is InChI=1S/C17H12Cl3N7O2S/c1-7(16(28)29)22-17-24-14-15(30-17)23-11(4-21-14)12-6-27(26-25-12)5-8-2-9(18)13(20)10(19)3-8/h2-4,6-7H,5H2,1H3,(H,28,29)(H,21,22,24). The second-order valence-corrected chi connectivity index (χ2v) is 8.45. The lowest BCUT2D eigenvalue weighted by Gasteiger charge is -2.05. The van der Waals surface area contributed by atoms with Gasteiger partial charge < -0.3 is 10.4 Å². The summed E-state index contributed by atoms with van der Waals surface area (Å²) in [4.78, 5) is 24.6. The Balaban J connectivity index is 1.56. The molecule has 0 bridgehead atoms. The maximum Gasteiger partial charge on any atom is 0.325 e. The monoisotopic (exact) mass is 483 g/mol. The Labute approximate surface area is 188 Å². The summed E-state index contributed by atoms with van der Waals surface area (Å²) in [6, 6.07) is 2.65. The maximum atomic E-state index is 11.0.